The van der Waals surface area contributed by atoms with Gasteiger partial charge in [0.15, 0.2) is 0 Å². The maximum Gasteiger partial charge on any atom is 0.0314 e. The molecule has 0 aromatic carbocycles. The summed E-state index contributed by atoms with van der Waals surface area (Å²) in [5.74, 6) is 6.51. The molecular weight excluding hydrogens is 296 g/mol. The van der Waals surface area contributed by atoms with Crippen molar-refractivity contribution >= 4 is 27.3 Å². The summed E-state index contributed by atoms with van der Waals surface area (Å²) >= 11 is 5.43. The second kappa shape index (κ2) is 6.88. The van der Waals surface area contributed by atoms with E-state index in [0.717, 1.165) is 12.3 Å². The Morgan fingerprint density at radius 1 is 1.35 bits per heavy atom. The quantitative estimate of drug-likeness (QED) is 0.503. The molecule has 1 aromatic heterocycles. The first-order valence-electron chi connectivity index (χ1n) is 6.49. The van der Waals surface area contributed by atoms with E-state index in [0.29, 0.717) is 6.04 Å². The zero-order chi connectivity index (χ0) is 12.1. The number of hydrogen-bond acceptors (Lipinski definition) is 3. The van der Waals surface area contributed by atoms with Crippen LogP contribution in [-0.2, 0) is 6.42 Å². The van der Waals surface area contributed by atoms with Crippen LogP contribution in [0.2, 0.25) is 0 Å². The Balaban J connectivity index is 1.97. The summed E-state index contributed by atoms with van der Waals surface area (Å²) in [5.41, 5.74) is 3.05. The van der Waals surface area contributed by atoms with Gasteiger partial charge in [-0.25, -0.2) is 0 Å². The number of thiophene rings is 1. The first-order valence-corrected chi connectivity index (χ1v) is 8.16. The average molecular weight is 317 g/mol. The molecule has 2 rings (SSSR count). The minimum atomic E-state index is 0.433. The summed E-state index contributed by atoms with van der Waals surface area (Å²) < 4.78 is 1.23. The van der Waals surface area contributed by atoms with Crippen LogP contribution in [0.1, 0.15) is 43.4 Å². The van der Waals surface area contributed by atoms with Gasteiger partial charge >= 0.3 is 0 Å². The van der Waals surface area contributed by atoms with E-state index in [-0.39, 0.29) is 0 Å². The van der Waals surface area contributed by atoms with Gasteiger partial charge in [-0.05, 0) is 52.6 Å². The van der Waals surface area contributed by atoms with Crippen LogP contribution in [0.15, 0.2) is 15.9 Å². The largest absolute Gasteiger partial charge is 0.271 e. The molecule has 1 saturated carbocycles. The van der Waals surface area contributed by atoms with E-state index in [1.165, 1.54) is 47.9 Å². The highest BCUT2D eigenvalue weighted by molar-refractivity contribution is 9.10. The molecule has 0 aliphatic heterocycles. The third-order valence-electron chi connectivity index (χ3n) is 3.78. The lowest BCUT2D eigenvalue weighted by Crippen LogP contribution is -2.42. The smallest absolute Gasteiger partial charge is 0.0314 e. The van der Waals surface area contributed by atoms with Gasteiger partial charge in [0.2, 0.25) is 0 Å². The molecule has 1 aliphatic carbocycles. The lowest BCUT2D eigenvalue weighted by Gasteiger charge is -2.25. The molecular formula is C13H21BrN2S. The van der Waals surface area contributed by atoms with E-state index < -0.39 is 0 Å². The van der Waals surface area contributed by atoms with Crippen LogP contribution in [0.4, 0.5) is 0 Å². The highest BCUT2D eigenvalue weighted by Gasteiger charge is 2.23. The average Bonchev–Trinajstić information content (AvgIpc) is 2.58. The van der Waals surface area contributed by atoms with Crippen LogP contribution < -0.4 is 11.3 Å². The summed E-state index contributed by atoms with van der Waals surface area (Å²) in [6.45, 7) is 0. The maximum atomic E-state index is 5.76. The third kappa shape index (κ3) is 3.78. The Hall–Kier alpha value is 0.100. The summed E-state index contributed by atoms with van der Waals surface area (Å²) in [7, 11) is 0. The molecule has 0 radical (unpaired) electrons. The minimum absolute atomic E-state index is 0.433. The van der Waals surface area contributed by atoms with Crippen molar-refractivity contribution < 1.29 is 0 Å². The Morgan fingerprint density at radius 2 is 2.06 bits per heavy atom. The topological polar surface area (TPSA) is 38.0 Å². The zero-order valence-corrected chi connectivity index (χ0v) is 12.5. The van der Waals surface area contributed by atoms with E-state index in [1.807, 2.05) is 11.3 Å². The Bertz CT molecular complexity index is 332. The molecule has 0 bridgehead atoms. The van der Waals surface area contributed by atoms with Gasteiger partial charge in [-0.2, -0.15) is 0 Å². The molecule has 3 N–H and O–H groups in total. The first kappa shape index (κ1) is 13.5. The molecule has 0 amide bonds. The number of halogens is 1. The fourth-order valence-electron chi connectivity index (χ4n) is 2.75. The normalized spacial score (nSPS) is 20.1. The molecule has 2 nitrogen and oxygen atoms in total. The van der Waals surface area contributed by atoms with Crippen molar-refractivity contribution in [2.45, 2.75) is 51.0 Å². The number of nitrogens with two attached hydrogens (primary N) is 1. The Labute approximate surface area is 116 Å². The second-order valence-corrected chi connectivity index (χ2v) is 6.78. The van der Waals surface area contributed by atoms with Gasteiger partial charge in [0.1, 0.15) is 0 Å². The fourth-order valence-corrected chi connectivity index (χ4v) is 4.32. The van der Waals surface area contributed by atoms with Crippen molar-refractivity contribution in [3.05, 3.63) is 20.8 Å². The van der Waals surface area contributed by atoms with Crippen molar-refractivity contribution in [2.75, 3.05) is 0 Å². The molecule has 1 fully saturated rings. The molecule has 1 aliphatic rings. The Morgan fingerprint density at radius 3 is 2.59 bits per heavy atom. The van der Waals surface area contributed by atoms with Gasteiger partial charge in [0, 0.05) is 15.4 Å². The molecule has 1 aromatic rings. The predicted molar refractivity (Wildman–Crippen MR) is 78.0 cm³/mol. The number of nitrogens with one attached hydrogen (secondary N) is 1. The van der Waals surface area contributed by atoms with Crippen LogP contribution in [0, 0.1) is 5.92 Å². The van der Waals surface area contributed by atoms with Gasteiger partial charge in [-0.15, -0.1) is 11.3 Å². The van der Waals surface area contributed by atoms with Crippen LogP contribution in [-0.4, -0.2) is 6.04 Å². The van der Waals surface area contributed by atoms with E-state index >= 15 is 0 Å². The summed E-state index contributed by atoms with van der Waals surface area (Å²) in [6.07, 6.45) is 9.25. The van der Waals surface area contributed by atoms with Crippen LogP contribution in [0.3, 0.4) is 0 Å². The maximum absolute atomic E-state index is 5.76. The molecule has 0 saturated heterocycles. The summed E-state index contributed by atoms with van der Waals surface area (Å²) in [6, 6.07) is 2.56. The molecule has 17 heavy (non-hydrogen) atoms. The fraction of sp³-hybridized carbons (Fsp3) is 0.692. The molecule has 96 valence electrons. The number of hydrogen-bond donors (Lipinski definition) is 2. The highest BCUT2D eigenvalue weighted by atomic mass is 79.9. The van der Waals surface area contributed by atoms with Crippen LogP contribution in [0.5, 0.6) is 0 Å². The molecule has 1 unspecified atom stereocenters. The first-order chi connectivity index (χ1) is 8.31. The van der Waals surface area contributed by atoms with Gasteiger partial charge in [-0.3, -0.25) is 11.3 Å². The number of rotatable bonds is 4. The molecule has 1 heterocycles. The Kier molecular flexibility index (Phi) is 5.48. The van der Waals surface area contributed by atoms with Crippen LogP contribution >= 0.6 is 27.3 Å². The summed E-state index contributed by atoms with van der Waals surface area (Å²) in [4.78, 5) is 1.41. The number of hydrazine groups is 1. The zero-order valence-electron chi connectivity index (χ0n) is 10.1. The van der Waals surface area contributed by atoms with Gasteiger partial charge in [0.25, 0.3) is 0 Å². The second-order valence-electron chi connectivity index (χ2n) is 4.92. The molecule has 1 atom stereocenters. The monoisotopic (exact) mass is 316 g/mol. The van der Waals surface area contributed by atoms with E-state index in [2.05, 4.69) is 32.8 Å². The van der Waals surface area contributed by atoms with Crippen molar-refractivity contribution in [1.82, 2.24) is 5.43 Å². The lowest BCUT2D eigenvalue weighted by molar-refractivity contribution is 0.321. The predicted octanol–water partition coefficient (Wildman–Crippen LogP) is 3.86. The SMILES string of the molecule is NNC(Cc1sccc1Br)C1CCCCCC1. The van der Waals surface area contributed by atoms with Gasteiger partial charge in [-0.1, -0.05) is 25.7 Å². The van der Waals surface area contributed by atoms with Crippen LogP contribution in [0.25, 0.3) is 0 Å². The van der Waals surface area contributed by atoms with Crippen molar-refractivity contribution in [3.63, 3.8) is 0 Å². The third-order valence-corrected chi connectivity index (χ3v) is 5.73. The lowest BCUT2D eigenvalue weighted by atomic mass is 9.90. The van der Waals surface area contributed by atoms with Gasteiger partial charge < -0.3 is 0 Å². The van der Waals surface area contributed by atoms with Gasteiger partial charge in [0.05, 0.1) is 0 Å². The van der Waals surface area contributed by atoms with Crippen molar-refractivity contribution in [2.24, 2.45) is 11.8 Å². The standard InChI is InChI=1S/C13H21BrN2S/c14-11-7-8-17-13(11)9-12(16-15)10-5-3-1-2-4-6-10/h7-8,10,12,16H,1-6,9,15H2. The van der Waals surface area contributed by atoms with E-state index in [4.69, 9.17) is 5.84 Å². The summed E-state index contributed by atoms with van der Waals surface area (Å²) in [5, 5.41) is 2.14. The molecule has 0 spiro atoms. The van der Waals surface area contributed by atoms with Crippen molar-refractivity contribution in [1.29, 1.82) is 0 Å². The van der Waals surface area contributed by atoms with E-state index in [1.54, 1.807) is 0 Å². The minimum Gasteiger partial charge on any atom is -0.271 e. The molecule has 4 heteroatoms. The highest BCUT2D eigenvalue weighted by Crippen LogP contribution is 2.30. The van der Waals surface area contributed by atoms with E-state index in [9.17, 15) is 0 Å². The van der Waals surface area contributed by atoms with Crippen molar-refractivity contribution in [3.8, 4) is 0 Å².